The molecule has 6 heteroatoms. The number of thiazole rings is 1. The van der Waals surface area contributed by atoms with Gasteiger partial charge in [-0.15, -0.1) is 11.3 Å². The maximum absolute atomic E-state index is 12.5. The van der Waals surface area contributed by atoms with Crippen molar-refractivity contribution in [2.24, 2.45) is 5.73 Å². The molecule has 0 spiro atoms. The van der Waals surface area contributed by atoms with Crippen LogP contribution in [0, 0.1) is 0 Å². The number of para-hydroxylation sites is 1. The number of nitrogens with two attached hydrogens (primary N) is 1. The third kappa shape index (κ3) is 4.66. The topological polar surface area (TPSA) is 71.2 Å². The van der Waals surface area contributed by atoms with Crippen LogP contribution >= 0.6 is 11.3 Å². The summed E-state index contributed by atoms with van der Waals surface area (Å²) >= 11 is 1.42. The number of carbonyl (C=O) groups is 1. The molecule has 1 amide bonds. The van der Waals surface area contributed by atoms with Crippen molar-refractivity contribution in [2.75, 3.05) is 12.4 Å². The van der Waals surface area contributed by atoms with Gasteiger partial charge in [0.15, 0.2) is 0 Å². The minimum absolute atomic E-state index is 0.177. The molecule has 1 aromatic carbocycles. The second-order valence-corrected chi connectivity index (χ2v) is 7.59. The number of rotatable bonds is 6. The van der Waals surface area contributed by atoms with Crippen LogP contribution in [0.15, 0.2) is 29.6 Å². The molecule has 25 heavy (non-hydrogen) atoms. The molecule has 134 valence electrons. The first kappa shape index (κ1) is 18.0. The molecular weight excluding hydrogens is 332 g/mol. The summed E-state index contributed by atoms with van der Waals surface area (Å²) < 4.78 is 0. The van der Waals surface area contributed by atoms with Crippen LogP contribution in [0.1, 0.15) is 53.2 Å². The molecular formula is C19H26N4OS. The van der Waals surface area contributed by atoms with E-state index in [1.54, 1.807) is 5.38 Å². The van der Waals surface area contributed by atoms with E-state index in [-0.39, 0.29) is 5.91 Å². The predicted molar refractivity (Wildman–Crippen MR) is 103 cm³/mol. The Labute approximate surface area is 153 Å². The number of hydrogen-bond acceptors (Lipinski definition) is 5. The Morgan fingerprint density at radius 2 is 2.08 bits per heavy atom. The van der Waals surface area contributed by atoms with Crippen molar-refractivity contribution in [3.63, 3.8) is 0 Å². The minimum Gasteiger partial charge on any atom is -0.325 e. The highest BCUT2D eigenvalue weighted by Gasteiger charge is 2.19. The van der Waals surface area contributed by atoms with Gasteiger partial charge in [0.05, 0.1) is 0 Å². The fourth-order valence-electron chi connectivity index (χ4n) is 3.40. The summed E-state index contributed by atoms with van der Waals surface area (Å²) in [5.74, 6) is -0.177. The van der Waals surface area contributed by atoms with Crippen LogP contribution < -0.4 is 11.1 Å². The van der Waals surface area contributed by atoms with Crippen LogP contribution in [-0.2, 0) is 13.1 Å². The number of nitrogens with one attached hydrogen (secondary N) is 1. The smallest absolute Gasteiger partial charge is 0.275 e. The van der Waals surface area contributed by atoms with Crippen LogP contribution in [0.3, 0.4) is 0 Å². The van der Waals surface area contributed by atoms with Crippen LogP contribution in [0.5, 0.6) is 0 Å². The molecule has 0 atom stereocenters. The van der Waals surface area contributed by atoms with Crippen molar-refractivity contribution in [1.82, 2.24) is 9.88 Å². The lowest BCUT2D eigenvalue weighted by Gasteiger charge is -2.31. The Morgan fingerprint density at radius 1 is 1.32 bits per heavy atom. The molecule has 3 rings (SSSR count). The number of anilines is 1. The molecule has 2 aromatic rings. The van der Waals surface area contributed by atoms with Crippen molar-refractivity contribution in [3.05, 3.63) is 45.9 Å². The van der Waals surface area contributed by atoms with E-state index in [0.29, 0.717) is 18.3 Å². The lowest BCUT2D eigenvalue weighted by molar-refractivity contribution is 0.102. The quantitative estimate of drug-likeness (QED) is 0.827. The average Bonchev–Trinajstić information content (AvgIpc) is 3.13. The highest BCUT2D eigenvalue weighted by Crippen LogP contribution is 2.25. The summed E-state index contributed by atoms with van der Waals surface area (Å²) in [5, 5.41) is 5.54. The molecule has 1 aromatic heterocycles. The fraction of sp³-hybridized carbons (Fsp3) is 0.474. The zero-order chi connectivity index (χ0) is 17.6. The van der Waals surface area contributed by atoms with E-state index in [4.69, 9.17) is 5.73 Å². The van der Waals surface area contributed by atoms with Crippen molar-refractivity contribution < 1.29 is 4.79 Å². The van der Waals surface area contributed by atoms with E-state index in [2.05, 4.69) is 28.3 Å². The van der Waals surface area contributed by atoms with Crippen molar-refractivity contribution in [3.8, 4) is 0 Å². The van der Waals surface area contributed by atoms with Gasteiger partial charge in [0.2, 0.25) is 0 Å². The predicted octanol–water partition coefficient (Wildman–Crippen LogP) is 3.62. The summed E-state index contributed by atoms with van der Waals surface area (Å²) in [6.07, 6.45) is 6.54. The van der Waals surface area contributed by atoms with E-state index < -0.39 is 0 Å². The zero-order valence-corrected chi connectivity index (χ0v) is 15.5. The molecule has 1 heterocycles. The van der Waals surface area contributed by atoms with Crippen molar-refractivity contribution in [2.45, 2.75) is 51.2 Å². The van der Waals surface area contributed by atoms with E-state index in [9.17, 15) is 4.79 Å². The molecule has 3 N–H and O–H groups in total. The van der Waals surface area contributed by atoms with Gasteiger partial charge in [0, 0.05) is 30.2 Å². The number of nitrogens with zero attached hydrogens (tertiary/aromatic N) is 2. The van der Waals surface area contributed by atoms with Gasteiger partial charge in [-0.2, -0.15) is 0 Å². The van der Waals surface area contributed by atoms with Crippen LogP contribution in [0.4, 0.5) is 5.69 Å². The number of hydrogen-bond donors (Lipinski definition) is 2. The number of carbonyl (C=O) groups excluding carboxylic acids is 1. The van der Waals surface area contributed by atoms with Gasteiger partial charge in [-0.25, -0.2) is 4.98 Å². The molecule has 0 bridgehead atoms. The molecule has 0 aliphatic heterocycles. The van der Waals surface area contributed by atoms with Crippen molar-refractivity contribution >= 4 is 22.9 Å². The largest absolute Gasteiger partial charge is 0.325 e. The monoisotopic (exact) mass is 358 g/mol. The minimum atomic E-state index is -0.177. The normalized spacial score (nSPS) is 15.5. The van der Waals surface area contributed by atoms with Crippen LogP contribution in [-0.4, -0.2) is 28.9 Å². The Bertz CT molecular complexity index is 709. The molecule has 1 aliphatic rings. The molecule has 1 aliphatic carbocycles. The number of aromatic nitrogens is 1. The Balaban J connectivity index is 1.68. The lowest BCUT2D eigenvalue weighted by atomic mass is 9.94. The molecule has 0 saturated heterocycles. The molecule has 5 nitrogen and oxygen atoms in total. The second-order valence-electron chi connectivity index (χ2n) is 6.65. The van der Waals surface area contributed by atoms with E-state index >= 15 is 0 Å². The Morgan fingerprint density at radius 3 is 2.80 bits per heavy atom. The van der Waals surface area contributed by atoms with Gasteiger partial charge in [-0.05, 0) is 31.5 Å². The third-order valence-corrected chi connectivity index (χ3v) is 5.71. The van der Waals surface area contributed by atoms with Crippen LogP contribution in [0.25, 0.3) is 0 Å². The maximum atomic E-state index is 12.5. The second kappa shape index (κ2) is 8.56. The van der Waals surface area contributed by atoms with Gasteiger partial charge in [-0.1, -0.05) is 37.5 Å². The number of benzene rings is 1. The van der Waals surface area contributed by atoms with E-state index in [0.717, 1.165) is 22.8 Å². The van der Waals surface area contributed by atoms with E-state index in [1.165, 1.54) is 43.4 Å². The summed E-state index contributed by atoms with van der Waals surface area (Å²) in [4.78, 5) is 19.1. The first-order valence-electron chi connectivity index (χ1n) is 8.91. The van der Waals surface area contributed by atoms with E-state index in [1.807, 2.05) is 18.2 Å². The van der Waals surface area contributed by atoms with Crippen LogP contribution in [0.2, 0.25) is 0 Å². The first-order chi connectivity index (χ1) is 12.2. The lowest BCUT2D eigenvalue weighted by Crippen LogP contribution is -2.33. The molecule has 1 fully saturated rings. The average molecular weight is 359 g/mol. The van der Waals surface area contributed by atoms with Gasteiger partial charge in [0.1, 0.15) is 10.7 Å². The fourth-order valence-corrected chi connectivity index (χ4v) is 4.05. The molecule has 0 radical (unpaired) electrons. The van der Waals surface area contributed by atoms with Gasteiger partial charge in [-0.3, -0.25) is 9.69 Å². The SMILES string of the molecule is CN(Cc1ccccc1NC(=O)c1csc(CN)n1)C1CCCCC1. The first-order valence-corrected chi connectivity index (χ1v) is 9.79. The summed E-state index contributed by atoms with van der Waals surface area (Å²) in [7, 11) is 2.18. The standard InChI is InChI=1S/C19H26N4OS/c1-23(15-8-3-2-4-9-15)12-14-7-5-6-10-16(14)22-19(24)17-13-25-18(11-20)21-17/h5-7,10,13,15H,2-4,8-9,11-12,20H2,1H3,(H,22,24). The van der Waals surface area contributed by atoms with Crippen molar-refractivity contribution in [1.29, 1.82) is 0 Å². The summed E-state index contributed by atoms with van der Waals surface area (Å²) in [5.41, 5.74) is 8.00. The summed E-state index contributed by atoms with van der Waals surface area (Å²) in [6, 6.07) is 8.66. The Hall–Kier alpha value is -1.76. The highest BCUT2D eigenvalue weighted by molar-refractivity contribution is 7.09. The van der Waals surface area contributed by atoms with Gasteiger partial charge >= 0.3 is 0 Å². The van der Waals surface area contributed by atoms with Gasteiger partial charge < -0.3 is 11.1 Å². The highest BCUT2D eigenvalue weighted by atomic mass is 32.1. The number of amides is 1. The van der Waals surface area contributed by atoms with Gasteiger partial charge in [0.25, 0.3) is 5.91 Å². The summed E-state index contributed by atoms with van der Waals surface area (Å²) in [6.45, 7) is 1.20. The zero-order valence-electron chi connectivity index (χ0n) is 14.7. The maximum Gasteiger partial charge on any atom is 0.275 e. The molecule has 0 unspecified atom stereocenters. The molecule has 1 saturated carbocycles. The third-order valence-electron chi connectivity index (χ3n) is 4.84. The Kier molecular flexibility index (Phi) is 6.18.